The van der Waals surface area contributed by atoms with Crippen molar-refractivity contribution in [2.24, 2.45) is 0 Å². The van der Waals surface area contributed by atoms with Crippen molar-refractivity contribution >= 4 is 5.95 Å². The van der Waals surface area contributed by atoms with E-state index in [1.165, 1.54) is 6.33 Å². The number of nitrogens with two attached hydrogens (primary N) is 1. The fourth-order valence-electron chi connectivity index (χ4n) is 1.16. The molecule has 0 amide bonds. The first kappa shape index (κ1) is 10.9. The number of aromatic nitrogens is 3. The number of hydrogen-bond donors (Lipinski definition) is 2. The lowest BCUT2D eigenvalue weighted by atomic mass is 10.3. The van der Waals surface area contributed by atoms with Crippen LogP contribution >= 0.6 is 0 Å². The van der Waals surface area contributed by atoms with Crippen LogP contribution in [0.15, 0.2) is 6.33 Å². The van der Waals surface area contributed by atoms with E-state index in [-0.39, 0.29) is 5.95 Å². The second-order valence-corrected chi connectivity index (χ2v) is 3.33. The fourth-order valence-corrected chi connectivity index (χ4v) is 1.16. The first-order chi connectivity index (χ1) is 6.61. The van der Waals surface area contributed by atoms with Gasteiger partial charge in [-0.2, -0.15) is 0 Å². The summed E-state index contributed by atoms with van der Waals surface area (Å²) < 4.78 is 1.55. The quantitative estimate of drug-likeness (QED) is 0.647. The van der Waals surface area contributed by atoms with Crippen LogP contribution in [0, 0.1) is 0 Å². The average Bonchev–Trinajstić information content (AvgIpc) is 2.50. The van der Waals surface area contributed by atoms with Crippen LogP contribution in [-0.2, 0) is 6.54 Å². The zero-order valence-corrected chi connectivity index (χ0v) is 8.59. The van der Waals surface area contributed by atoms with Crippen LogP contribution in [0.3, 0.4) is 0 Å². The van der Waals surface area contributed by atoms with Crippen molar-refractivity contribution in [2.75, 3.05) is 25.9 Å². The Labute approximate surface area is 83.3 Å². The summed E-state index contributed by atoms with van der Waals surface area (Å²) in [6.07, 6.45) is 1.07. The first-order valence-corrected chi connectivity index (χ1v) is 4.63. The minimum absolute atomic E-state index is 0.237. The summed E-state index contributed by atoms with van der Waals surface area (Å²) in [6.45, 7) is 4.00. The van der Waals surface area contributed by atoms with Crippen LogP contribution in [0.1, 0.15) is 6.92 Å². The van der Waals surface area contributed by atoms with Gasteiger partial charge in [-0.15, -0.1) is 5.10 Å². The van der Waals surface area contributed by atoms with E-state index in [0.29, 0.717) is 13.1 Å². The van der Waals surface area contributed by atoms with Gasteiger partial charge in [0, 0.05) is 6.54 Å². The zero-order valence-electron chi connectivity index (χ0n) is 8.59. The van der Waals surface area contributed by atoms with Crippen LogP contribution in [0.2, 0.25) is 0 Å². The minimum atomic E-state index is -0.443. The molecule has 0 radical (unpaired) electrons. The van der Waals surface area contributed by atoms with Crippen molar-refractivity contribution in [3.05, 3.63) is 6.33 Å². The van der Waals surface area contributed by atoms with Crippen molar-refractivity contribution in [1.82, 2.24) is 19.7 Å². The van der Waals surface area contributed by atoms with Crippen LogP contribution in [0.4, 0.5) is 5.95 Å². The van der Waals surface area contributed by atoms with Gasteiger partial charge in [0.15, 0.2) is 0 Å². The lowest BCUT2D eigenvalue weighted by Gasteiger charge is -2.18. The summed E-state index contributed by atoms with van der Waals surface area (Å²) in [5, 5.41) is 13.5. The predicted octanol–water partition coefficient (Wildman–Crippen LogP) is -0.827. The molecule has 14 heavy (non-hydrogen) atoms. The van der Waals surface area contributed by atoms with E-state index >= 15 is 0 Å². The van der Waals surface area contributed by atoms with Gasteiger partial charge in [-0.1, -0.05) is 6.92 Å². The first-order valence-electron chi connectivity index (χ1n) is 4.63. The highest BCUT2D eigenvalue weighted by molar-refractivity contribution is 5.09. The van der Waals surface area contributed by atoms with Gasteiger partial charge in [0.05, 0.1) is 12.6 Å². The zero-order chi connectivity index (χ0) is 10.6. The molecule has 1 atom stereocenters. The molecule has 0 aliphatic rings. The molecular formula is C8H17N5O. The SMILES string of the molecule is CCN(C)CC(O)Cn1cnc(N)n1. The van der Waals surface area contributed by atoms with Crippen LogP contribution < -0.4 is 5.73 Å². The molecule has 1 rings (SSSR count). The van der Waals surface area contributed by atoms with Gasteiger partial charge in [-0.05, 0) is 13.6 Å². The lowest BCUT2D eigenvalue weighted by Crippen LogP contribution is -2.32. The van der Waals surface area contributed by atoms with Crippen molar-refractivity contribution in [1.29, 1.82) is 0 Å². The molecule has 0 saturated heterocycles. The minimum Gasteiger partial charge on any atom is -0.390 e. The maximum atomic E-state index is 9.64. The van der Waals surface area contributed by atoms with E-state index in [1.807, 2.05) is 18.9 Å². The largest absolute Gasteiger partial charge is 0.390 e. The summed E-state index contributed by atoms with van der Waals surface area (Å²) in [7, 11) is 1.96. The molecule has 0 spiro atoms. The van der Waals surface area contributed by atoms with Gasteiger partial charge in [-0.25, -0.2) is 9.67 Å². The number of hydrogen-bond acceptors (Lipinski definition) is 5. The summed E-state index contributed by atoms with van der Waals surface area (Å²) in [5.41, 5.74) is 5.35. The maximum absolute atomic E-state index is 9.64. The Bertz CT molecular complexity index is 274. The molecule has 80 valence electrons. The molecule has 0 saturated carbocycles. The highest BCUT2D eigenvalue weighted by Crippen LogP contribution is 1.95. The van der Waals surface area contributed by atoms with E-state index in [0.717, 1.165) is 6.54 Å². The standard InChI is InChI=1S/C8H17N5O/c1-3-12(2)4-7(14)5-13-6-10-8(9)11-13/h6-7,14H,3-5H2,1-2H3,(H2,9,11). The Kier molecular flexibility index (Phi) is 3.84. The molecule has 6 nitrogen and oxygen atoms in total. The summed E-state index contributed by atoms with van der Waals surface area (Å²) >= 11 is 0. The smallest absolute Gasteiger partial charge is 0.239 e. The van der Waals surface area contributed by atoms with Crippen LogP contribution in [-0.4, -0.2) is 51.0 Å². The van der Waals surface area contributed by atoms with Crippen LogP contribution in [0.25, 0.3) is 0 Å². The maximum Gasteiger partial charge on any atom is 0.239 e. The Morgan fingerprint density at radius 2 is 2.43 bits per heavy atom. The Morgan fingerprint density at radius 1 is 1.71 bits per heavy atom. The van der Waals surface area contributed by atoms with Crippen molar-refractivity contribution < 1.29 is 5.11 Å². The molecule has 1 aromatic rings. The van der Waals surface area contributed by atoms with Crippen molar-refractivity contribution in [2.45, 2.75) is 19.6 Å². The van der Waals surface area contributed by atoms with Gasteiger partial charge in [0.1, 0.15) is 6.33 Å². The van der Waals surface area contributed by atoms with E-state index in [1.54, 1.807) is 4.68 Å². The van der Waals surface area contributed by atoms with Crippen molar-refractivity contribution in [3.8, 4) is 0 Å². The number of likely N-dealkylation sites (N-methyl/N-ethyl adjacent to an activating group) is 1. The molecule has 1 heterocycles. The van der Waals surface area contributed by atoms with Crippen molar-refractivity contribution in [3.63, 3.8) is 0 Å². The second kappa shape index (κ2) is 4.92. The molecule has 0 aliphatic carbocycles. The molecule has 0 bridgehead atoms. The number of aliphatic hydroxyl groups is 1. The normalized spacial score (nSPS) is 13.4. The highest BCUT2D eigenvalue weighted by atomic mass is 16.3. The highest BCUT2D eigenvalue weighted by Gasteiger charge is 2.08. The molecule has 1 aromatic heterocycles. The number of rotatable bonds is 5. The Balaban J connectivity index is 2.37. The molecule has 1 unspecified atom stereocenters. The van der Waals surface area contributed by atoms with E-state index in [9.17, 15) is 5.11 Å². The van der Waals surface area contributed by atoms with E-state index < -0.39 is 6.10 Å². The molecule has 3 N–H and O–H groups in total. The number of aliphatic hydroxyl groups excluding tert-OH is 1. The third-order valence-corrected chi connectivity index (χ3v) is 2.01. The van der Waals surface area contributed by atoms with E-state index in [2.05, 4.69) is 10.1 Å². The molecule has 0 fully saturated rings. The van der Waals surface area contributed by atoms with Gasteiger partial charge >= 0.3 is 0 Å². The van der Waals surface area contributed by atoms with Gasteiger partial charge in [0.25, 0.3) is 0 Å². The lowest BCUT2D eigenvalue weighted by molar-refractivity contribution is 0.108. The second-order valence-electron chi connectivity index (χ2n) is 3.33. The predicted molar refractivity (Wildman–Crippen MR) is 53.6 cm³/mol. The number of anilines is 1. The monoisotopic (exact) mass is 199 g/mol. The van der Waals surface area contributed by atoms with Gasteiger partial charge < -0.3 is 15.7 Å². The third kappa shape index (κ3) is 3.31. The van der Waals surface area contributed by atoms with Gasteiger partial charge in [0.2, 0.25) is 5.95 Å². The third-order valence-electron chi connectivity index (χ3n) is 2.01. The Morgan fingerprint density at radius 3 is 2.93 bits per heavy atom. The Hall–Kier alpha value is -1.14. The molecule has 0 aromatic carbocycles. The van der Waals surface area contributed by atoms with Gasteiger partial charge in [-0.3, -0.25) is 0 Å². The van der Waals surface area contributed by atoms with Crippen LogP contribution in [0.5, 0.6) is 0 Å². The summed E-state index contributed by atoms with van der Waals surface area (Å²) in [4.78, 5) is 5.81. The molecular weight excluding hydrogens is 182 g/mol. The average molecular weight is 199 g/mol. The summed E-state index contributed by atoms with van der Waals surface area (Å²) in [5.74, 6) is 0.237. The fraction of sp³-hybridized carbons (Fsp3) is 0.750. The number of nitrogen functional groups attached to an aromatic ring is 1. The summed E-state index contributed by atoms with van der Waals surface area (Å²) in [6, 6.07) is 0. The van der Waals surface area contributed by atoms with E-state index in [4.69, 9.17) is 5.73 Å². The molecule has 6 heteroatoms. The number of nitrogens with zero attached hydrogens (tertiary/aromatic N) is 4. The molecule has 0 aliphatic heterocycles. The topological polar surface area (TPSA) is 80.2 Å².